The minimum absolute atomic E-state index is 0.00563. The number of primary amides is 1. The zero-order valence-corrected chi connectivity index (χ0v) is 13.5. The molecule has 23 heavy (non-hydrogen) atoms. The predicted molar refractivity (Wildman–Crippen MR) is 87.9 cm³/mol. The van der Waals surface area contributed by atoms with Crippen molar-refractivity contribution in [1.29, 1.82) is 0 Å². The van der Waals surface area contributed by atoms with Gasteiger partial charge in [0.1, 0.15) is 0 Å². The Labute approximate surface area is 135 Å². The van der Waals surface area contributed by atoms with Crippen LogP contribution < -0.4 is 5.73 Å². The molecule has 0 bridgehead atoms. The predicted octanol–water partition coefficient (Wildman–Crippen LogP) is 1.95. The molecule has 1 aliphatic rings. The second-order valence-electron chi connectivity index (χ2n) is 6.42. The molecule has 0 aliphatic carbocycles. The van der Waals surface area contributed by atoms with E-state index in [1.807, 2.05) is 24.5 Å². The molecule has 6 heteroatoms. The van der Waals surface area contributed by atoms with Crippen LogP contribution in [0, 0.1) is 5.92 Å². The van der Waals surface area contributed by atoms with Crippen molar-refractivity contribution in [2.24, 2.45) is 11.7 Å². The highest BCUT2D eigenvalue weighted by atomic mass is 16.2. The van der Waals surface area contributed by atoms with Gasteiger partial charge in [-0.3, -0.25) is 9.59 Å². The molecule has 1 saturated heterocycles. The van der Waals surface area contributed by atoms with E-state index in [0.29, 0.717) is 37.5 Å². The largest absolute Gasteiger partial charge is 0.369 e. The van der Waals surface area contributed by atoms with Gasteiger partial charge in [-0.25, -0.2) is 4.98 Å². The van der Waals surface area contributed by atoms with Crippen molar-refractivity contribution < 1.29 is 9.59 Å². The molecule has 0 atom stereocenters. The molecule has 6 nitrogen and oxygen atoms in total. The third kappa shape index (κ3) is 2.93. The molecule has 0 spiro atoms. The zero-order valence-electron chi connectivity index (χ0n) is 13.5. The van der Waals surface area contributed by atoms with Gasteiger partial charge in [0.15, 0.2) is 0 Å². The number of hydrogen-bond acceptors (Lipinski definition) is 3. The van der Waals surface area contributed by atoms with Crippen LogP contribution in [0.15, 0.2) is 24.5 Å². The third-order valence-corrected chi connectivity index (χ3v) is 4.56. The highest BCUT2D eigenvalue weighted by Crippen LogP contribution is 2.22. The molecule has 2 N–H and O–H groups in total. The van der Waals surface area contributed by atoms with Gasteiger partial charge in [-0.05, 0) is 44.9 Å². The van der Waals surface area contributed by atoms with E-state index in [-0.39, 0.29) is 17.7 Å². The highest BCUT2D eigenvalue weighted by Gasteiger charge is 2.26. The van der Waals surface area contributed by atoms with E-state index in [2.05, 4.69) is 23.4 Å². The first-order chi connectivity index (χ1) is 11.0. The summed E-state index contributed by atoms with van der Waals surface area (Å²) in [6.45, 7) is 5.35. The van der Waals surface area contributed by atoms with E-state index in [4.69, 9.17) is 5.73 Å². The lowest BCUT2D eigenvalue weighted by molar-refractivity contribution is -0.123. The van der Waals surface area contributed by atoms with Gasteiger partial charge in [0.05, 0.1) is 17.4 Å². The number of imidazole rings is 1. The van der Waals surface area contributed by atoms with Crippen LogP contribution >= 0.6 is 0 Å². The number of likely N-dealkylation sites (tertiary alicyclic amines) is 1. The first-order valence-corrected chi connectivity index (χ1v) is 8.02. The quantitative estimate of drug-likeness (QED) is 0.940. The maximum Gasteiger partial charge on any atom is 0.253 e. The highest BCUT2D eigenvalue weighted by molar-refractivity contribution is 5.97. The Kier molecular flexibility index (Phi) is 4.07. The van der Waals surface area contributed by atoms with Crippen LogP contribution in [0.1, 0.15) is 43.1 Å². The molecule has 1 fully saturated rings. The summed E-state index contributed by atoms with van der Waals surface area (Å²) in [6, 6.07) is 5.97. The van der Waals surface area contributed by atoms with Crippen molar-refractivity contribution >= 4 is 22.8 Å². The summed E-state index contributed by atoms with van der Waals surface area (Å²) in [6.07, 6.45) is 3.10. The second-order valence-corrected chi connectivity index (χ2v) is 6.42. The third-order valence-electron chi connectivity index (χ3n) is 4.56. The molecule has 1 aromatic heterocycles. The van der Waals surface area contributed by atoms with Crippen LogP contribution in [-0.4, -0.2) is 39.4 Å². The first-order valence-electron chi connectivity index (χ1n) is 8.02. The molecule has 0 radical (unpaired) electrons. The van der Waals surface area contributed by atoms with Crippen molar-refractivity contribution in [2.45, 2.75) is 32.7 Å². The van der Waals surface area contributed by atoms with Crippen LogP contribution in [0.3, 0.4) is 0 Å². The molecule has 0 unspecified atom stereocenters. The van der Waals surface area contributed by atoms with E-state index in [0.717, 1.165) is 11.0 Å². The molecular formula is C17H22N4O2. The smallest absolute Gasteiger partial charge is 0.253 e. The SMILES string of the molecule is CC(C)n1cnc2cc(C(=O)N3CCC(C(N)=O)CC3)ccc21. The summed E-state index contributed by atoms with van der Waals surface area (Å²) >= 11 is 0. The standard InChI is InChI=1S/C17H22N4O2/c1-11(2)21-10-19-14-9-13(3-4-15(14)21)17(23)20-7-5-12(6-8-20)16(18)22/h3-4,9-12H,5-8H2,1-2H3,(H2,18,22). The lowest BCUT2D eigenvalue weighted by atomic mass is 9.96. The van der Waals surface area contributed by atoms with Crippen molar-refractivity contribution in [2.75, 3.05) is 13.1 Å². The minimum Gasteiger partial charge on any atom is -0.369 e. The number of nitrogens with zero attached hydrogens (tertiary/aromatic N) is 3. The van der Waals surface area contributed by atoms with E-state index in [9.17, 15) is 9.59 Å². The average Bonchev–Trinajstić information content (AvgIpc) is 2.97. The molecule has 0 saturated carbocycles. The molecule has 1 aromatic carbocycles. The Morgan fingerprint density at radius 3 is 2.57 bits per heavy atom. The van der Waals surface area contributed by atoms with Crippen LogP contribution in [0.2, 0.25) is 0 Å². The molecule has 3 rings (SSSR count). The minimum atomic E-state index is -0.266. The van der Waals surface area contributed by atoms with Crippen LogP contribution in [0.4, 0.5) is 0 Å². The van der Waals surface area contributed by atoms with Gasteiger partial charge < -0.3 is 15.2 Å². The van der Waals surface area contributed by atoms with Crippen molar-refractivity contribution in [3.05, 3.63) is 30.1 Å². The van der Waals surface area contributed by atoms with Gasteiger partial charge in [-0.15, -0.1) is 0 Å². The first kappa shape index (κ1) is 15.5. The number of rotatable bonds is 3. The van der Waals surface area contributed by atoms with Gasteiger partial charge in [-0.2, -0.15) is 0 Å². The number of aromatic nitrogens is 2. The van der Waals surface area contributed by atoms with Crippen LogP contribution in [0.5, 0.6) is 0 Å². The Bertz CT molecular complexity index is 742. The fourth-order valence-electron chi connectivity index (χ4n) is 3.13. The molecule has 2 amide bonds. The van der Waals surface area contributed by atoms with Crippen molar-refractivity contribution in [1.82, 2.24) is 14.5 Å². The molecule has 122 valence electrons. The van der Waals surface area contributed by atoms with E-state index < -0.39 is 0 Å². The van der Waals surface area contributed by atoms with Gasteiger partial charge in [0, 0.05) is 30.6 Å². The Morgan fingerprint density at radius 2 is 1.96 bits per heavy atom. The molecular weight excluding hydrogens is 292 g/mol. The van der Waals surface area contributed by atoms with Gasteiger partial charge in [-0.1, -0.05) is 0 Å². The topological polar surface area (TPSA) is 81.2 Å². The van der Waals surface area contributed by atoms with E-state index in [1.54, 1.807) is 4.90 Å². The molecule has 1 aliphatic heterocycles. The summed E-state index contributed by atoms with van der Waals surface area (Å²) in [7, 11) is 0. The average molecular weight is 314 g/mol. The van der Waals surface area contributed by atoms with Gasteiger partial charge in [0.2, 0.25) is 5.91 Å². The lowest BCUT2D eigenvalue weighted by Gasteiger charge is -2.30. The van der Waals surface area contributed by atoms with Crippen LogP contribution in [0.25, 0.3) is 11.0 Å². The maximum absolute atomic E-state index is 12.6. The summed E-state index contributed by atoms with van der Waals surface area (Å²) in [5.74, 6) is -0.380. The number of amides is 2. The second kappa shape index (κ2) is 6.02. The normalized spacial score (nSPS) is 16.2. The Hall–Kier alpha value is -2.37. The number of fused-ring (bicyclic) bond motifs is 1. The maximum atomic E-state index is 12.6. The van der Waals surface area contributed by atoms with E-state index >= 15 is 0 Å². The number of nitrogens with two attached hydrogens (primary N) is 1. The van der Waals surface area contributed by atoms with Crippen molar-refractivity contribution in [3.63, 3.8) is 0 Å². The lowest BCUT2D eigenvalue weighted by Crippen LogP contribution is -2.41. The number of hydrogen-bond donors (Lipinski definition) is 1. The number of piperidine rings is 1. The number of carbonyl (C=O) groups excluding carboxylic acids is 2. The summed E-state index contributed by atoms with van der Waals surface area (Å²) in [5, 5.41) is 0. The molecule has 2 aromatic rings. The zero-order chi connectivity index (χ0) is 16.6. The monoisotopic (exact) mass is 314 g/mol. The summed E-state index contributed by atoms with van der Waals surface area (Å²) in [4.78, 5) is 30.0. The van der Waals surface area contributed by atoms with Crippen LogP contribution in [-0.2, 0) is 4.79 Å². The summed E-state index contributed by atoms with van der Waals surface area (Å²) < 4.78 is 2.09. The summed E-state index contributed by atoms with van der Waals surface area (Å²) in [5.41, 5.74) is 7.84. The van der Waals surface area contributed by atoms with Gasteiger partial charge in [0.25, 0.3) is 5.91 Å². The number of benzene rings is 1. The fourth-order valence-corrected chi connectivity index (χ4v) is 3.13. The number of carbonyl (C=O) groups is 2. The Morgan fingerprint density at radius 1 is 1.26 bits per heavy atom. The molecule has 2 heterocycles. The fraction of sp³-hybridized carbons (Fsp3) is 0.471. The Balaban J connectivity index is 1.78. The van der Waals surface area contributed by atoms with E-state index in [1.165, 1.54) is 0 Å². The van der Waals surface area contributed by atoms with Gasteiger partial charge >= 0.3 is 0 Å². The van der Waals surface area contributed by atoms with Crippen molar-refractivity contribution in [3.8, 4) is 0 Å².